The van der Waals surface area contributed by atoms with E-state index in [2.05, 4.69) is 11.9 Å². The van der Waals surface area contributed by atoms with E-state index in [-0.39, 0.29) is 6.61 Å². The maximum absolute atomic E-state index is 9.07. The first kappa shape index (κ1) is 10.3. The first-order chi connectivity index (χ1) is 7.20. The summed E-state index contributed by atoms with van der Waals surface area (Å²) >= 11 is 1.70. The fourth-order valence-corrected chi connectivity index (χ4v) is 2.45. The van der Waals surface area contributed by atoms with E-state index in [1.54, 1.807) is 11.3 Å². The van der Waals surface area contributed by atoms with Crippen LogP contribution in [0.2, 0.25) is 0 Å². The van der Waals surface area contributed by atoms with E-state index < -0.39 is 0 Å². The number of aryl methyl sites for hydroxylation is 2. The molecular weight excluding hydrogens is 206 g/mol. The van der Waals surface area contributed by atoms with E-state index >= 15 is 0 Å². The van der Waals surface area contributed by atoms with Crippen LogP contribution in [0.3, 0.4) is 0 Å². The number of hydrogen-bond acceptors (Lipinski definition) is 3. The molecular formula is C12H13NOS. The van der Waals surface area contributed by atoms with E-state index in [0.29, 0.717) is 0 Å². The lowest BCUT2D eigenvalue weighted by Gasteiger charge is -2.01. The Balaban J connectivity index is 2.49. The Bertz CT molecular complexity index is 476. The number of nitrogens with zero attached hydrogens (tertiary/aromatic N) is 1. The van der Waals surface area contributed by atoms with Crippen LogP contribution in [0.5, 0.6) is 0 Å². The molecule has 1 aromatic carbocycles. The smallest absolute Gasteiger partial charge is 0.0904 e. The molecule has 0 fully saturated rings. The van der Waals surface area contributed by atoms with Crippen LogP contribution in [0.25, 0.3) is 11.3 Å². The van der Waals surface area contributed by atoms with Gasteiger partial charge in [0.2, 0.25) is 0 Å². The quantitative estimate of drug-likeness (QED) is 0.842. The van der Waals surface area contributed by atoms with Gasteiger partial charge in [0.25, 0.3) is 0 Å². The van der Waals surface area contributed by atoms with Crippen molar-refractivity contribution in [2.24, 2.45) is 0 Å². The molecule has 0 aliphatic rings. The zero-order valence-electron chi connectivity index (χ0n) is 8.82. The van der Waals surface area contributed by atoms with Gasteiger partial charge < -0.3 is 5.11 Å². The fraction of sp³-hybridized carbons (Fsp3) is 0.250. The van der Waals surface area contributed by atoms with Crippen molar-refractivity contribution in [3.8, 4) is 11.3 Å². The summed E-state index contributed by atoms with van der Waals surface area (Å²) in [6.07, 6.45) is 0. The molecule has 0 radical (unpaired) electrons. The average Bonchev–Trinajstić information content (AvgIpc) is 2.58. The highest BCUT2D eigenvalue weighted by Gasteiger charge is 2.07. The summed E-state index contributed by atoms with van der Waals surface area (Å²) in [6, 6.07) is 7.88. The molecule has 2 nitrogen and oxygen atoms in total. The van der Waals surface area contributed by atoms with Crippen molar-refractivity contribution >= 4 is 11.3 Å². The normalized spacial score (nSPS) is 10.6. The predicted molar refractivity (Wildman–Crippen MR) is 62.9 cm³/mol. The lowest BCUT2D eigenvalue weighted by atomic mass is 10.1. The predicted octanol–water partition coefficient (Wildman–Crippen LogP) is 2.92. The highest BCUT2D eigenvalue weighted by atomic mass is 32.1. The van der Waals surface area contributed by atoms with Crippen LogP contribution < -0.4 is 0 Å². The number of hydrogen-bond donors (Lipinski definition) is 1. The van der Waals surface area contributed by atoms with Crippen LogP contribution >= 0.6 is 11.3 Å². The summed E-state index contributed by atoms with van der Waals surface area (Å²) in [5, 5.41) is 10.1. The molecule has 15 heavy (non-hydrogen) atoms. The maximum Gasteiger partial charge on any atom is 0.0904 e. The maximum atomic E-state index is 9.07. The SMILES string of the molecule is Cc1nc(-c2cccc(CO)c2)c(C)s1. The van der Waals surface area contributed by atoms with E-state index in [9.17, 15) is 0 Å². The van der Waals surface area contributed by atoms with Crippen molar-refractivity contribution in [1.29, 1.82) is 0 Å². The first-order valence-electron chi connectivity index (χ1n) is 4.85. The number of benzene rings is 1. The standard InChI is InChI=1S/C12H13NOS/c1-8-12(13-9(2)15-8)11-5-3-4-10(6-11)7-14/h3-6,14H,7H2,1-2H3. The first-order valence-corrected chi connectivity index (χ1v) is 5.66. The third-order valence-electron chi connectivity index (χ3n) is 2.29. The largest absolute Gasteiger partial charge is 0.392 e. The minimum Gasteiger partial charge on any atom is -0.392 e. The second-order valence-corrected chi connectivity index (χ2v) is 4.90. The van der Waals surface area contributed by atoms with Crippen LogP contribution in [0.15, 0.2) is 24.3 Å². The summed E-state index contributed by atoms with van der Waals surface area (Å²) in [5.74, 6) is 0. The van der Waals surface area contributed by atoms with Crippen molar-refractivity contribution in [2.45, 2.75) is 20.5 Å². The van der Waals surface area contributed by atoms with Gasteiger partial charge in [-0.25, -0.2) is 4.98 Å². The van der Waals surface area contributed by atoms with Gasteiger partial charge in [-0.1, -0.05) is 18.2 Å². The van der Waals surface area contributed by atoms with Gasteiger partial charge in [-0.2, -0.15) is 0 Å². The molecule has 78 valence electrons. The summed E-state index contributed by atoms with van der Waals surface area (Å²) < 4.78 is 0. The highest BCUT2D eigenvalue weighted by molar-refractivity contribution is 7.11. The topological polar surface area (TPSA) is 33.1 Å². The third kappa shape index (κ3) is 2.08. The number of thiazole rings is 1. The lowest BCUT2D eigenvalue weighted by Crippen LogP contribution is -1.86. The summed E-state index contributed by atoms with van der Waals surface area (Å²) in [5.41, 5.74) is 3.05. The Labute approximate surface area is 93.2 Å². The van der Waals surface area contributed by atoms with Crippen molar-refractivity contribution in [3.63, 3.8) is 0 Å². The van der Waals surface area contributed by atoms with Gasteiger partial charge in [0, 0.05) is 10.4 Å². The Morgan fingerprint density at radius 1 is 1.33 bits per heavy atom. The molecule has 0 saturated carbocycles. The van der Waals surface area contributed by atoms with Gasteiger partial charge in [0.05, 0.1) is 17.3 Å². The second kappa shape index (κ2) is 4.13. The average molecular weight is 219 g/mol. The van der Waals surface area contributed by atoms with Crippen molar-refractivity contribution in [3.05, 3.63) is 39.7 Å². The molecule has 0 amide bonds. The van der Waals surface area contributed by atoms with Gasteiger partial charge >= 0.3 is 0 Å². The molecule has 0 unspecified atom stereocenters. The molecule has 2 aromatic rings. The molecule has 2 rings (SSSR count). The highest BCUT2D eigenvalue weighted by Crippen LogP contribution is 2.27. The molecule has 1 heterocycles. The molecule has 1 N–H and O–H groups in total. The van der Waals surface area contributed by atoms with Crippen LogP contribution in [-0.2, 0) is 6.61 Å². The lowest BCUT2D eigenvalue weighted by molar-refractivity contribution is 0.282. The number of aliphatic hydroxyl groups is 1. The molecule has 0 atom stereocenters. The number of aromatic nitrogens is 1. The van der Waals surface area contributed by atoms with Gasteiger partial charge in [-0.15, -0.1) is 11.3 Å². The minimum absolute atomic E-state index is 0.0794. The Morgan fingerprint density at radius 2 is 2.13 bits per heavy atom. The molecule has 0 aliphatic carbocycles. The Kier molecular flexibility index (Phi) is 2.84. The fourth-order valence-electron chi connectivity index (χ4n) is 1.61. The van der Waals surface area contributed by atoms with Crippen molar-refractivity contribution < 1.29 is 5.11 Å². The van der Waals surface area contributed by atoms with Crippen LogP contribution in [-0.4, -0.2) is 10.1 Å². The summed E-state index contributed by atoms with van der Waals surface area (Å²) in [4.78, 5) is 5.72. The van der Waals surface area contributed by atoms with Crippen LogP contribution in [0.1, 0.15) is 15.4 Å². The molecule has 3 heteroatoms. The van der Waals surface area contributed by atoms with Crippen molar-refractivity contribution in [2.75, 3.05) is 0 Å². The minimum atomic E-state index is 0.0794. The molecule has 0 bridgehead atoms. The van der Waals surface area contributed by atoms with Crippen molar-refractivity contribution in [1.82, 2.24) is 4.98 Å². The van der Waals surface area contributed by atoms with Gasteiger partial charge in [-0.3, -0.25) is 0 Å². The molecule has 1 aromatic heterocycles. The summed E-state index contributed by atoms with van der Waals surface area (Å²) in [6.45, 7) is 4.17. The zero-order chi connectivity index (χ0) is 10.8. The van der Waals surface area contributed by atoms with Gasteiger partial charge in [0.1, 0.15) is 0 Å². The van der Waals surface area contributed by atoms with E-state index in [1.807, 2.05) is 31.2 Å². The molecule has 0 saturated heterocycles. The van der Waals surface area contributed by atoms with E-state index in [1.165, 1.54) is 4.88 Å². The number of aliphatic hydroxyl groups excluding tert-OH is 1. The zero-order valence-corrected chi connectivity index (χ0v) is 9.64. The summed E-state index contributed by atoms with van der Waals surface area (Å²) in [7, 11) is 0. The Morgan fingerprint density at radius 3 is 2.73 bits per heavy atom. The second-order valence-electron chi connectivity index (χ2n) is 3.50. The molecule has 0 spiro atoms. The third-order valence-corrected chi connectivity index (χ3v) is 3.17. The Hall–Kier alpha value is -1.19. The van der Waals surface area contributed by atoms with Crippen LogP contribution in [0.4, 0.5) is 0 Å². The van der Waals surface area contributed by atoms with Crippen LogP contribution in [0, 0.1) is 13.8 Å². The van der Waals surface area contributed by atoms with Gasteiger partial charge in [0.15, 0.2) is 0 Å². The number of rotatable bonds is 2. The van der Waals surface area contributed by atoms with Gasteiger partial charge in [-0.05, 0) is 25.5 Å². The van der Waals surface area contributed by atoms with E-state index in [0.717, 1.165) is 21.8 Å². The molecule has 0 aliphatic heterocycles. The monoisotopic (exact) mass is 219 g/mol. The van der Waals surface area contributed by atoms with E-state index in [4.69, 9.17) is 5.11 Å².